The molecule has 3 nitrogen and oxygen atoms in total. The summed E-state index contributed by atoms with van der Waals surface area (Å²) in [6.45, 7) is 3.01. The lowest BCUT2D eigenvalue weighted by atomic mass is 10.0. The minimum absolute atomic E-state index is 0.236. The molecule has 0 bridgehead atoms. The normalized spacial score (nSPS) is 14.8. The van der Waals surface area contributed by atoms with Gasteiger partial charge in [0.1, 0.15) is 5.75 Å². The summed E-state index contributed by atoms with van der Waals surface area (Å²) in [6.07, 6.45) is 4.17. The molecule has 0 aliphatic carbocycles. The maximum Gasteiger partial charge on any atom is 0.122 e. The van der Waals surface area contributed by atoms with E-state index in [0.29, 0.717) is 0 Å². The van der Waals surface area contributed by atoms with Crippen LogP contribution < -0.4 is 16.0 Å². The van der Waals surface area contributed by atoms with E-state index in [-0.39, 0.29) is 6.04 Å². The lowest BCUT2D eigenvalue weighted by Crippen LogP contribution is -2.27. The van der Waals surface area contributed by atoms with E-state index in [0.717, 1.165) is 38.0 Å². The molecule has 1 atom stereocenters. The number of hydrogen-bond acceptors (Lipinski definition) is 4. The van der Waals surface area contributed by atoms with Crippen molar-refractivity contribution in [3.05, 3.63) is 51.2 Å². The minimum Gasteiger partial charge on any atom is -0.493 e. The second kappa shape index (κ2) is 6.60. The molecule has 112 valence electrons. The van der Waals surface area contributed by atoms with Crippen molar-refractivity contribution in [3.8, 4) is 5.75 Å². The highest BCUT2D eigenvalue weighted by Gasteiger charge is 2.15. The average Bonchev–Trinajstić information content (AvgIpc) is 3.16. The van der Waals surface area contributed by atoms with Gasteiger partial charge in [-0.25, -0.2) is 0 Å². The van der Waals surface area contributed by atoms with Crippen molar-refractivity contribution in [3.63, 3.8) is 0 Å². The molecule has 2 heterocycles. The minimum atomic E-state index is 0.236. The lowest BCUT2D eigenvalue weighted by molar-refractivity contribution is 0.357. The molecule has 0 spiro atoms. The van der Waals surface area contributed by atoms with Crippen LogP contribution in [0.15, 0.2) is 30.3 Å². The predicted octanol–water partition coefficient (Wildman–Crippen LogP) is 3.38. The predicted molar refractivity (Wildman–Crippen MR) is 87.7 cm³/mol. The average molecular weight is 302 g/mol. The van der Waals surface area contributed by atoms with E-state index in [1.165, 1.54) is 20.9 Å². The molecule has 3 N–H and O–H groups in total. The fraction of sp³-hybridized carbons (Fsp3) is 0.412. The third-order valence-corrected chi connectivity index (χ3v) is 5.39. The number of hydrogen-bond donors (Lipinski definition) is 2. The summed E-state index contributed by atoms with van der Waals surface area (Å²) in [7, 11) is 0. The van der Waals surface area contributed by atoms with E-state index in [1.807, 2.05) is 11.3 Å². The molecule has 0 saturated heterocycles. The third kappa shape index (κ3) is 3.28. The number of rotatable bonds is 6. The molecule has 1 aliphatic rings. The number of hydrazine groups is 1. The number of fused-ring (bicyclic) bond motifs is 1. The zero-order chi connectivity index (χ0) is 14.7. The molecule has 2 aromatic rings. The van der Waals surface area contributed by atoms with Gasteiger partial charge in [-0.15, -0.1) is 11.3 Å². The fourth-order valence-corrected chi connectivity index (χ4v) is 3.83. The van der Waals surface area contributed by atoms with E-state index >= 15 is 0 Å². The number of nitrogens with two attached hydrogens (primary N) is 1. The number of nitrogens with one attached hydrogen (secondary N) is 1. The first-order valence-corrected chi connectivity index (χ1v) is 8.41. The van der Waals surface area contributed by atoms with Gasteiger partial charge in [-0.05, 0) is 48.6 Å². The Bertz CT molecular complexity index is 609. The van der Waals surface area contributed by atoms with Crippen molar-refractivity contribution in [2.45, 2.75) is 38.6 Å². The highest BCUT2D eigenvalue weighted by molar-refractivity contribution is 7.12. The van der Waals surface area contributed by atoms with Crippen molar-refractivity contribution in [2.24, 2.45) is 5.84 Å². The Kier molecular flexibility index (Phi) is 4.58. The van der Waals surface area contributed by atoms with Gasteiger partial charge in [0.05, 0.1) is 12.6 Å². The van der Waals surface area contributed by atoms with Crippen molar-refractivity contribution < 1.29 is 4.74 Å². The maximum absolute atomic E-state index is 5.75. The van der Waals surface area contributed by atoms with Gasteiger partial charge in [0.2, 0.25) is 0 Å². The van der Waals surface area contributed by atoms with Gasteiger partial charge in [-0.2, -0.15) is 0 Å². The van der Waals surface area contributed by atoms with Crippen LogP contribution in [0.25, 0.3) is 0 Å². The van der Waals surface area contributed by atoms with Gasteiger partial charge < -0.3 is 4.74 Å². The Morgan fingerprint density at radius 1 is 1.33 bits per heavy atom. The molecule has 4 heteroatoms. The summed E-state index contributed by atoms with van der Waals surface area (Å²) >= 11 is 1.86. The second-order valence-corrected chi connectivity index (χ2v) is 6.66. The lowest BCUT2D eigenvalue weighted by Gasteiger charge is -2.14. The Morgan fingerprint density at radius 2 is 2.24 bits per heavy atom. The first-order chi connectivity index (χ1) is 10.3. The Hall–Kier alpha value is -1.36. The summed E-state index contributed by atoms with van der Waals surface area (Å²) < 4.78 is 5.55. The summed E-state index contributed by atoms with van der Waals surface area (Å²) in [6, 6.07) is 11.2. The van der Waals surface area contributed by atoms with Gasteiger partial charge in [-0.1, -0.05) is 19.1 Å². The Morgan fingerprint density at radius 3 is 3.00 bits per heavy atom. The first kappa shape index (κ1) is 14.6. The highest BCUT2D eigenvalue weighted by atomic mass is 32.1. The summed E-state index contributed by atoms with van der Waals surface area (Å²) in [5.74, 6) is 6.80. The first-order valence-electron chi connectivity index (χ1n) is 7.59. The SMILES string of the molecule is CCc1ccc(C(CCc2ccc3c(c2)CCO3)NN)s1. The largest absolute Gasteiger partial charge is 0.493 e. The number of aryl methyl sites for hydroxylation is 2. The van der Waals surface area contributed by atoms with Crippen LogP contribution in [0.3, 0.4) is 0 Å². The van der Waals surface area contributed by atoms with Crippen LogP contribution in [0.2, 0.25) is 0 Å². The van der Waals surface area contributed by atoms with Crippen LogP contribution in [-0.2, 0) is 19.3 Å². The standard InChI is InChI=1S/C17H22N2OS/c1-2-14-5-8-17(21-14)15(19-18)6-3-12-4-7-16-13(11-12)9-10-20-16/h4-5,7-8,11,15,19H,2-3,6,9-10,18H2,1H3. The van der Waals surface area contributed by atoms with Gasteiger partial charge in [0.15, 0.2) is 0 Å². The van der Waals surface area contributed by atoms with Gasteiger partial charge in [0, 0.05) is 16.2 Å². The summed E-state index contributed by atoms with van der Waals surface area (Å²) in [4.78, 5) is 2.75. The molecular weight excluding hydrogens is 280 g/mol. The molecule has 0 saturated carbocycles. The zero-order valence-electron chi connectivity index (χ0n) is 12.4. The fourth-order valence-electron chi connectivity index (χ4n) is 2.79. The van der Waals surface area contributed by atoms with Crippen LogP contribution >= 0.6 is 11.3 Å². The second-order valence-electron chi connectivity index (χ2n) is 5.46. The van der Waals surface area contributed by atoms with E-state index in [2.05, 4.69) is 42.7 Å². The van der Waals surface area contributed by atoms with Gasteiger partial charge >= 0.3 is 0 Å². The van der Waals surface area contributed by atoms with Crippen molar-refractivity contribution in [1.29, 1.82) is 0 Å². The van der Waals surface area contributed by atoms with E-state index < -0.39 is 0 Å². The monoisotopic (exact) mass is 302 g/mol. The van der Waals surface area contributed by atoms with E-state index in [1.54, 1.807) is 0 Å². The van der Waals surface area contributed by atoms with E-state index in [4.69, 9.17) is 10.6 Å². The number of thiophene rings is 1. The van der Waals surface area contributed by atoms with Crippen molar-refractivity contribution in [1.82, 2.24) is 5.43 Å². The van der Waals surface area contributed by atoms with Crippen LogP contribution in [0.4, 0.5) is 0 Å². The van der Waals surface area contributed by atoms with Crippen molar-refractivity contribution in [2.75, 3.05) is 6.61 Å². The molecule has 3 rings (SSSR count). The Balaban J connectivity index is 1.65. The molecule has 0 radical (unpaired) electrons. The van der Waals surface area contributed by atoms with Crippen LogP contribution in [-0.4, -0.2) is 6.61 Å². The topological polar surface area (TPSA) is 47.3 Å². The van der Waals surface area contributed by atoms with Crippen LogP contribution in [0.5, 0.6) is 5.75 Å². The van der Waals surface area contributed by atoms with Crippen LogP contribution in [0.1, 0.15) is 40.3 Å². The number of ether oxygens (including phenoxy) is 1. The molecule has 1 unspecified atom stereocenters. The molecule has 1 aromatic heterocycles. The quantitative estimate of drug-likeness (QED) is 0.635. The summed E-state index contributed by atoms with van der Waals surface area (Å²) in [5.41, 5.74) is 5.67. The molecule has 21 heavy (non-hydrogen) atoms. The molecule has 1 aromatic carbocycles. The Labute approximate surface area is 130 Å². The number of benzene rings is 1. The van der Waals surface area contributed by atoms with E-state index in [9.17, 15) is 0 Å². The highest BCUT2D eigenvalue weighted by Crippen LogP contribution is 2.29. The molecular formula is C17H22N2OS. The molecule has 0 amide bonds. The van der Waals surface area contributed by atoms with Crippen LogP contribution in [0, 0.1) is 0 Å². The van der Waals surface area contributed by atoms with Gasteiger partial charge in [-0.3, -0.25) is 11.3 Å². The molecule has 1 aliphatic heterocycles. The third-order valence-electron chi connectivity index (χ3n) is 4.05. The zero-order valence-corrected chi connectivity index (χ0v) is 13.2. The summed E-state index contributed by atoms with van der Waals surface area (Å²) in [5, 5.41) is 0. The smallest absolute Gasteiger partial charge is 0.122 e. The van der Waals surface area contributed by atoms with Crippen molar-refractivity contribution >= 4 is 11.3 Å². The maximum atomic E-state index is 5.75. The van der Waals surface area contributed by atoms with Gasteiger partial charge in [0.25, 0.3) is 0 Å². The molecule has 0 fully saturated rings.